The highest BCUT2D eigenvalue weighted by Crippen LogP contribution is 2.30. The maximum atomic E-state index is 12.4. The molecule has 0 saturated heterocycles. The van der Waals surface area contributed by atoms with Crippen molar-refractivity contribution in [2.75, 3.05) is 5.32 Å². The number of hydrogen-bond donors (Lipinski definition) is 3. The Labute approximate surface area is 133 Å². The van der Waals surface area contributed by atoms with Gasteiger partial charge in [0.05, 0.1) is 0 Å². The second kappa shape index (κ2) is 5.43. The van der Waals surface area contributed by atoms with Crippen LogP contribution in [-0.4, -0.2) is 21.0 Å². The predicted octanol–water partition coefficient (Wildman–Crippen LogP) is 3.40. The first kappa shape index (κ1) is 13.8. The molecule has 0 radical (unpaired) electrons. The average Bonchev–Trinajstić information content (AvgIpc) is 2.94. The fourth-order valence-corrected chi connectivity index (χ4v) is 3.22. The van der Waals surface area contributed by atoms with Crippen LogP contribution >= 0.6 is 0 Å². The molecule has 1 aliphatic carbocycles. The molecule has 3 N–H and O–H groups in total. The van der Waals surface area contributed by atoms with Crippen molar-refractivity contribution in [3.63, 3.8) is 0 Å². The van der Waals surface area contributed by atoms with Gasteiger partial charge in [0.25, 0.3) is 5.91 Å². The van der Waals surface area contributed by atoms with Crippen LogP contribution in [0.25, 0.3) is 10.9 Å². The van der Waals surface area contributed by atoms with Crippen molar-refractivity contribution >= 4 is 22.6 Å². The van der Waals surface area contributed by atoms with Crippen molar-refractivity contribution < 1.29 is 9.90 Å². The summed E-state index contributed by atoms with van der Waals surface area (Å²) in [4.78, 5) is 19.9. The molecule has 116 valence electrons. The van der Waals surface area contributed by atoms with Gasteiger partial charge in [-0.2, -0.15) is 0 Å². The van der Waals surface area contributed by atoms with Gasteiger partial charge in [-0.3, -0.25) is 4.79 Å². The minimum Gasteiger partial charge on any atom is -0.504 e. The number of amides is 1. The summed E-state index contributed by atoms with van der Waals surface area (Å²) in [5.41, 5.74) is 4.27. The molecule has 3 aromatic rings. The largest absolute Gasteiger partial charge is 0.504 e. The molecule has 0 spiro atoms. The highest BCUT2D eigenvalue weighted by Gasteiger charge is 2.17. The Kier molecular flexibility index (Phi) is 3.26. The summed E-state index contributed by atoms with van der Waals surface area (Å²) in [7, 11) is 0. The quantitative estimate of drug-likeness (QED) is 0.679. The second-order valence-corrected chi connectivity index (χ2v) is 5.87. The number of pyridine rings is 1. The molecule has 1 aliphatic rings. The number of anilines is 1. The summed E-state index contributed by atoms with van der Waals surface area (Å²) in [5, 5.41) is 13.5. The molecule has 0 fully saturated rings. The van der Waals surface area contributed by atoms with Crippen LogP contribution in [0.1, 0.15) is 34.5 Å². The van der Waals surface area contributed by atoms with E-state index in [0.717, 1.165) is 23.7 Å². The fourth-order valence-electron chi connectivity index (χ4n) is 3.22. The van der Waals surface area contributed by atoms with Crippen molar-refractivity contribution in [2.45, 2.75) is 25.7 Å². The molecule has 0 atom stereocenters. The third-order valence-corrected chi connectivity index (χ3v) is 4.38. The Balaban J connectivity index is 1.68. The van der Waals surface area contributed by atoms with E-state index >= 15 is 0 Å². The Morgan fingerprint density at radius 1 is 1.22 bits per heavy atom. The van der Waals surface area contributed by atoms with E-state index in [1.54, 1.807) is 12.1 Å². The highest BCUT2D eigenvalue weighted by molar-refractivity contribution is 6.06. The van der Waals surface area contributed by atoms with Crippen LogP contribution in [0.15, 0.2) is 36.5 Å². The molecule has 5 nitrogen and oxygen atoms in total. The maximum Gasteiger partial charge on any atom is 0.256 e. The molecule has 4 rings (SSSR count). The normalized spacial score (nSPS) is 13.7. The third kappa shape index (κ3) is 2.44. The van der Waals surface area contributed by atoms with Crippen LogP contribution in [0.5, 0.6) is 5.75 Å². The first-order valence-electron chi connectivity index (χ1n) is 7.81. The number of aromatic amines is 1. The van der Waals surface area contributed by atoms with Gasteiger partial charge in [0.15, 0.2) is 11.6 Å². The summed E-state index contributed by atoms with van der Waals surface area (Å²) in [6.07, 6.45) is 6.07. The number of carbonyl (C=O) groups excluding carboxylic acids is 1. The zero-order valence-corrected chi connectivity index (χ0v) is 12.6. The lowest BCUT2D eigenvalue weighted by Gasteiger charge is -2.10. The van der Waals surface area contributed by atoms with E-state index < -0.39 is 0 Å². The van der Waals surface area contributed by atoms with Crippen molar-refractivity contribution in [3.8, 4) is 5.75 Å². The van der Waals surface area contributed by atoms with E-state index in [2.05, 4.69) is 15.3 Å². The number of H-pyrrole nitrogens is 1. The number of benzene rings is 1. The van der Waals surface area contributed by atoms with E-state index in [-0.39, 0.29) is 17.5 Å². The number of aromatic nitrogens is 2. The smallest absolute Gasteiger partial charge is 0.256 e. The molecular weight excluding hydrogens is 290 g/mol. The maximum absolute atomic E-state index is 12.4. The van der Waals surface area contributed by atoms with E-state index in [9.17, 15) is 9.90 Å². The number of aryl methyl sites for hydroxylation is 2. The number of nitrogens with one attached hydrogen (secondary N) is 2. The van der Waals surface area contributed by atoms with E-state index in [1.165, 1.54) is 36.4 Å². The molecule has 23 heavy (non-hydrogen) atoms. The lowest BCUT2D eigenvalue weighted by molar-refractivity contribution is 0.102. The van der Waals surface area contributed by atoms with Gasteiger partial charge >= 0.3 is 0 Å². The average molecular weight is 307 g/mol. The van der Waals surface area contributed by atoms with E-state index in [4.69, 9.17) is 0 Å². The molecular formula is C18H17N3O2. The van der Waals surface area contributed by atoms with E-state index in [1.807, 2.05) is 12.1 Å². The lowest BCUT2D eigenvalue weighted by atomic mass is 9.95. The third-order valence-electron chi connectivity index (χ3n) is 4.38. The van der Waals surface area contributed by atoms with Crippen LogP contribution in [-0.2, 0) is 12.8 Å². The second-order valence-electron chi connectivity index (χ2n) is 5.87. The number of rotatable bonds is 2. The SMILES string of the molecule is O=C(Nc1ncccc1O)c1ccc2[nH]c3c(c2c1)CCCC3. The van der Waals surface area contributed by atoms with Crippen LogP contribution in [0.2, 0.25) is 0 Å². The molecule has 2 aromatic heterocycles. The first-order valence-corrected chi connectivity index (χ1v) is 7.81. The zero-order chi connectivity index (χ0) is 15.8. The van der Waals surface area contributed by atoms with Gasteiger partial charge in [0, 0.05) is 28.4 Å². The van der Waals surface area contributed by atoms with Gasteiger partial charge in [0.2, 0.25) is 0 Å². The van der Waals surface area contributed by atoms with Crippen molar-refractivity contribution in [1.29, 1.82) is 0 Å². The molecule has 5 heteroatoms. The Morgan fingerprint density at radius 2 is 2.09 bits per heavy atom. The highest BCUT2D eigenvalue weighted by atomic mass is 16.3. The van der Waals surface area contributed by atoms with Crippen molar-refractivity contribution in [1.82, 2.24) is 9.97 Å². The monoisotopic (exact) mass is 307 g/mol. The number of hydrogen-bond acceptors (Lipinski definition) is 3. The Hall–Kier alpha value is -2.82. The van der Waals surface area contributed by atoms with Crippen LogP contribution in [0.3, 0.4) is 0 Å². The topological polar surface area (TPSA) is 78.0 Å². The number of aromatic hydroxyl groups is 1. The minimum absolute atomic E-state index is 0.0408. The van der Waals surface area contributed by atoms with Gasteiger partial charge in [-0.05, 0) is 61.6 Å². The van der Waals surface area contributed by atoms with Crippen molar-refractivity contribution in [3.05, 3.63) is 53.3 Å². The van der Waals surface area contributed by atoms with Gasteiger partial charge in [0.1, 0.15) is 0 Å². The van der Waals surface area contributed by atoms with E-state index in [0.29, 0.717) is 5.56 Å². The van der Waals surface area contributed by atoms with Crippen LogP contribution < -0.4 is 5.32 Å². The fraction of sp³-hybridized carbons (Fsp3) is 0.222. The Bertz CT molecular complexity index is 898. The number of fused-ring (bicyclic) bond motifs is 3. The number of nitrogens with zero attached hydrogens (tertiary/aromatic N) is 1. The summed E-state index contributed by atoms with van der Waals surface area (Å²) < 4.78 is 0. The van der Waals surface area contributed by atoms with Crippen LogP contribution in [0.4, 0.5) is 5.82 Å². The molecule has 0 bridgehead atoms. The zero-order valence-electron chi connectivity index (χ0n) is 12.6. The molecule has 0 unspecified atom stereocenters. The molecule has 1 aromatic carbocycles. The summed E-state index contributed by atoms with van der Waals surface area (Å²) >= 11 is 0. The molecule has 2 heterocycles. The molecule has 1 amide bonds. The number of carbonyl (C=O) groups is 1. The minimum atomic E-state index is -0.272. The first-order chi connectivity index (χ1) is 11.2. The van der Waals surface area contributed by atoms with Crippen LogP contribution in [0, 0.1) is 0 Å². The summed E-state index contributed by atoms with van der Waals surface area (Å²) in [6.45, 7) is 0. The molecule has 0 saturated carbocycles. The standard InChI is InChI=1S/C18H17N3O2/c22-16-6-3-9-19-17(16)21-18(23)11-7-8-15-13(10-11)12-4-1-2-5-14(12)20-15/h3,6-10,20,22H,1-2,4-5H2,(H,19,21,23). The van der Waals surface area contributed by atoms with Gasteiger partial charge in [-0.1, -0.05) is 0 Å². The predicted molar refractivity (Wildman–Crippen MR) is 88.8 cm³/mol. The summed E-state index contributed by atoms with van der Waals surface area (Å²) in [5.74, 6) is -0.138. The van der Waals surface area contributed by atoms with Gasteiger partial charge in [-0.25, -0.2) is 4.98 Å². The summed E-state index contributed by atoms with van der Waals surface area (Å²) in [6, 6.07) is 8.77. The molecule has 0 aliphatic heterocycles. The Morgan fingerprint density at radius 3 is 2.96 bits per heavy atom. The van der Waals surface area contributed by atoms with Gasteiger partial charge in [-0.15, -0.1) is 0 Å². The lowest BCUT2D eigenvalue weighted by Crippen LogP contribution is -2.13. The van der Waals surface area contributed by atoms with Gasteiger partial charge < -0.3 is 15.4 Å². The van der Waals surface area contributed by atoms with Crippen molar-refractivity contribution in [2.24, 2.45) is 0 Å².